The monoisotopic (exact) mass is 708 g/mol. The molecule has 8 heteroatoms. The van der Waals surface area contributed by atoms with Crippen molar-refractivity contribution in [3.63, 3.8) is 0 Å². The molecule has 240 valence electrons. The van der Waals surface area contributed by atoms with Crippen LogP contribution in [0.4, 0.5) is 11.4 Å². The minimum absolute atomic E-state index is 0.184. The molecule has 0 radical (unpaired) electrons. The van der Waals surface area contributed by atoms with Gasteiger partial charge in [-0.1, -0.05) is 120 Å². The summed E-state index contributed by atoms with van der Waals surface area (Å²) in [5, 5.41) is 11.6. The van der Waals surface area contributed by atoms with E-state index in [0.29, 0.717) is 22.3 Å². The summed E-state index contributed by atoms with van der Waals surface area (Å²) >= 11 is 3.42. The molecule has 0 aromatic heterocycles. The van der Waals surface area contributed by atoms with Crippen molar-refractivity contribution in [1.82, 2.24) is 0 Å². The van der Waals surface area contributed by atoms with Gasteiger partial charge in [0.2, 0.25) is 11.8 Å². The van der Waals surface area contributed by atoms with E-state index in [9.17, 15) is 10.1 Å². The van der Waals surface area contributed by atoms with Crippen molar-refractivity contribution in [2.24, 2.45) is 11.8 Å². The number of nitro benzene ring substituents is 1. The van der Waals surface area contributed by atoms with Crippen LogP contribution in [0.5, 0.6) is 0 Å². The number of Topliss-reactive ketones (excluding diaryl/α,β-unsaturated/α-hetero) is 1. The Morgan fingerprint density at radius 3 is 1.45 bits per heavy atom. The van der Waals surface area contributed by atoms with Gasteiger partial charge in [0.25, 0.3) is 5.69 Å². The Hall–Kier alpha value is -5.47. The van der Waals surface area contributed by atoms with Gasteiger partial charge >= 0.3 is 0 Å². The fourth-order valence-corrected chi connectivity index (χ4v) is 9.14. The van der Waals surface area contributed by atoms with E-state index >= 15 is 14.4 Å². The fourth-order valence-electron chi connectivity index (χ4n) is 8.59. The lowest BCUT2D eigenvalue weighted by atomic mass is 9.59. The van der Waals surface area contributed by atoms with Crippen molar-refractivity contribution in [3.05, 3.63) is 175 Å². The molecule has 0 spiro atoms. The summed E-state index contributed by atoms with van der Waals surface area (Å²) in [5.41, 5.74) is 3.31. The Morgan fingerprint density at radius 1 is 0.633 bits per heavy atom. The summed E-state index contributed by atoms with van der Waals surface area (Å²) in [4.78, 5) is 58.5. The molecule has 1 saturated heterocycles. The van der Waals surface area contributed by atoms with Gasteiger partial charge in [0, 0.05) is 16.6 Å². The predicted molar refractivity (Wildman–Crippen MR) is 191 cm³/mol. The number of anilines is 1. The highest BCUT2D eigenvalue weighted by atomic mass is 79.9. The molecule has 0 unspecified atom stereocenters. The second-order valence-electron chi connectivity index (χ2n) is 13.0. The number of non-ortho nitro benzene ring substituents is 1. The quantitative estimate of drug-likeness (QED) is 0.101. The first-order valence-corrected chi connectivity index (χ1v) is 16.8. The molecule has 2 aliphatic carbocycles. The lowest BCUT2D eigenvalue weighted by Gasteiger charge is -2.39. The van der Waals surface area contributed by atoms with Gasteiger partial charge in [0.1, 0.15) is 0 Å². The number of fused-ring (bicyclic) bond motifs is 5. The van der Waals surface area contributed by atoms with Gasteiger partial charge in [0.05, 0.1) is 33.3 Å². The zero-order chi connectivity index (χ0) is 34.2. The molecular formula is C41H29BrN2O5. The fraction of sp³-hybridized carbons (Fsp3) is 0.146. The average Bonchev–Trinajstić information content (AvgIpc) is 3.62. The van der Waals surface area contributed by atoms with Crippen molar-refractivity contribution in [2.75, 3.05) is 4.90 Å². The van der Waals surface area contributed by atoms with Crippen LogP contribution in [-0.2, 0) is 25.2 Å². The highest BCUT2D eigenvalue weighted by Crippen LogP contribution is 2.74. The van der Waals surface area contributed by atoms with Crippen LogP contribution in [-0.4, -0.2) is 22.5 Å². The van der Waals surface area contributed by atoms with E-state index in [0.717, 1.165) is 27.2 Å². The molecular weight excluding hydrogens is 680 g/mol. The molecule has 3 aliphatic rings. The smallest absolute Gasteiger partial charge is 0.270 e. The number of amides is 2. The largest absolute Gasteiger partial charge is 0.297 e. The third kappa shape index (κ3) is 4.04. The molecule has 8 rings (SSSR count). The van der Waals surface area contributed by atoms with Crippen molar-refractivity contribution in [1.29, 1.82) is 0 Å². The number of nitrogens with zero attached hydrogens (tertiary/aromatic N) is 2. The van der Waals surface area contributed by atoms with Gasteiger partial charge in [-0.15, -0.1) is 0 Å². The van der Waals surface area contributed by atoms with Crippen LogP contribution in [0.15, 0.2) is 132 Å². The van der Waals surface area contributed by atoms with Gasteiger partial charge in [-0.05, 0) is 69.2 Å². The number of rotatable bonds is 6. The molecule has 49 heavy (non-hydrogen) atoms. The van der Waals surface area contributed by atoms with Gasteiger partial charge in [0.15, 0.2) is 5.78 Å². The van der Waals surface area contributed by atoms with Crippen LogP contribution in [0.3, 0.4) is 0 Å². The molecule has 7 nitrogen and oxygen atoms in total. The number of carbonyl (C=O) groups is 3. The first-order valence-electron chi connectivity index (χ1n) is 16.0. The number of halogens is 1. The summed E-state index contributed by atoms with van der Waals surface area (Å²) in [5.74, 6) is -3.44. The van der Waals surface area contributed by atoms with Gasteiger partial charge in [-0.25, -0.2) is 4.90 Å². The molecule has 1 saturated carbocycles. The number of allylic oxidation sites excluding steroid dienone is 2. The number of benzene rings is 5. The van der Waals surface area contributed by atoms with Gasteiger partial charge in [-0.2, -0.15) is 0 Å². The molecule has 5 aromatic carbocycles. The molecule has 5 aromatic rings. The van der Waals surface area contributed by atoms with Crippen molar-refractivity contribution in [3.8, 4) is 0 Å². The number of aryl methyl sites for hydroxylation is 2. The van der Waals surface area contributed by atoms with Crippen molar-refractivity contribution < 1.29 is 19.3 Å². The second-order valence-corrected chi connectivity index (χ2v) is 13.9. The van der Waals surface area contributed by atoms with Crippen molar-refractivity contribution in [2.45, 2.75) is 24.7 Å². The summed E-state index contributed by atoms with van der Waals surface area (Å²) in [7, 11) is 0. The van der Waals surface area contributed by atoms with E-state index in [1.807, 2.05) is 123 Å². The Kier molecular flexibility index (Phi) is 6.94. The summed E-state index contributed by atoms with van der Waals surface area (Å²) in [6.45, 7) is 4.00. The van der Waals surface area contributed by atoms with Crippen molar-refractivity contribution >= 4 is 56.0 Å². The predicted octanol–water partition coefficient (Wildman–Crippen LogP) is 8.16. The Bertz CT molecular complexity index is 2120. The highest BCUT2D eigenvalue weighted by Gasteiger charge is 2.82. The number of imide groups is 1. The van der Waals surface area contributed by atoms with Crippen LogP contribution in [0.25, 0.3) is 11.1 Å². The number of hydrogen-bond acceptors (Lipinski definition) is 5. The maximum atomic E-state index is 16.0. The zero-order valence-electron chi connectivity index (χ0n) is 26.6. The summed E-state index contributed by atoms with van der Waals surface area (Å²) in [6.07, 6.45) is 0. The van der Waals surface area contributed by atoms with Crippen LogP contribution in [0.1, 0.15) is 33.4 Å². The second kappa shape index (κ2) is 11.0. The Labute approximate surface area is 291 Å². The average molecular weight is 710 g/mol. The number of hydrogen-bond donors (Lipinski definition) is 0. The lowest BCUT2D eigenvalue weighted by molar-refractivity contribution is -0.384. The molecule has 2 bridgehead atoms. The van der Waals surface area contributed by atoms with E-state index < -0.39 is 39.4 Å². The van der Waals surface area contributed by atoms with Crippen LogP contribution in [0.2, 0.25) is 0 Å². The SMILES string of the molecule is Cc1ccc(C2=C(c3ccc(C)cc3)[C@@]3(c4ccccc4)C(=O)[C@@]2(c2ccccc2)[C@@H]2C(=O)N(c4ccc([N+](=O)[O-])cc4Br)C(=O)[C@@H]23)cc1. The first-order chi connectivity index (χ1) is 23.6. The highest BCUT2D eigenvalue weighted by molar-refractivity contribution is 9.10. The topological polar surface area (TPSA) is 97.6 Å². The van der Waals surface area contributed by atoms with Crippen LogP contribution < -0.4 is 4.90 Å². The van der Waals surface area contributed by atoms with E-state index in [-0.39, 0.29) is 21.6 Å². The minimum atomic E-state index is -1.54. The van der Waals surface area contributed by atoms with E-state index in [1.165, 1.54) is 18.2 Å². The molecule has 2 fully saturated rings. The lowest BCUT2D eigenvalue weighted by Crippen LogP contribution is -2.45. The number of nitro groups is 1. The standard InChI is InChI=1S/C41H29BrN2O5/c1-24-13-17-26(18-14-24)33-34(27-19-15-25(2)16-20-27)41(29-11-7-4-8-12-29)36-35(40(33,39(41)47)28-9-5-3-6-10-28)37(45)43(38(36)46)32-22-21-30(44(48)49)23-31(32)42/h3-23,35-36H,1-2H3/t35-,36+,40-,41-/m1/s1. The first kappa shape index (κ1) is 30.8. The Morgan fingerprint density at radius 2 is 1.06 bits per heavy atom. The molecule has 1 aliphatic heterocycles. The Balaban J connectivity index is 1.53. The minimum Gasteiger partial charge on any atom is -0.297 e. The number of carbonyl (C=O) groups excluding carboxylic acids is 3. The third-order valence-electron chi connectivity index (χ3n) is 10.5. The third-order valence-corrected chi connectivity index (χ3v) is 11.2. The van der Waals surface area contributed by atoms with E-state index in [4.69, 9.17) is 0 Å². The number of ketones is 1. The molecule has 2 amide bonds. The zero-order valence-corrected chi connectivity index (χ0v) is 28.2. The van der Waals surface area contributed by atoms with Crippen LogP contribution >= 0.6 is 15.9 Å². The normalized spacial score (nSPS) is 24.1. The van der Waals surface area contributed by atoms with E-state index in [2.05, 4.69) is 15.9 Å². The maximum Gasteiger partial charge on any atom is 0.270 e. The molecule has 1 heterocycles. The summed E-state index contributed by atoms with van der Waals surface area (Å²) < 4.78 is 0.232. The molecule has 0 N–H and O–H groups in total. The van der Waals surface area contributed by atoms with E-state index in [1.54, 1.807) is 0 Å². The van der Waals surface area contributed by atoms with Crippen LogP contribution in [0, 0.1) is 35.8 Å². The molecule has 4 atom stereocenters. The summed E-state index contributed by atoms with van der Waals surface area (Å²) in [6, 6.07) is 38.7. The maximum absolute atomic E-state index is 16.0. The van der Waals surface area contributed by atoms with Gasteiger partial charge < -0.3 is 0 Å². The van der Waals surface area contributed by atoms with Gasteiger partial charge in [-0.3, -0.25) is 24.5 Å².